The summed E-state index contributed by atoms with van der Waals surface area (Å²) < 4.78 is 6.06. The zero-order valence-electron chi connectivity index (χ0n) is 17.2. The fourth-order valence-electron chi connectivity index (χ4n) is 3.49. The summed E-state index contributed by atoms with van der Waals surface area (Å²) in [4.78, 5) is 10.4. The first-order valence-electron chi connectivity index (χ1n) is 10.9. The summed E-state index contributed by atoms with van der Waals surface area (Å²) in [6, 6.07) is 2.24. The second-order valence-corrected chi connectivity index (χ2v) is 7.71. The number of aryl methyl sites for hydroxylation is 3. The third-order valence-corrected chi connectivity index (χ3v) is 5.14. The summed E-state index contributed by atoms with van der Waals surface area (Å²) in [5.74, 6) is 1.70. The van der Waals surface area contributed by atoms with Crippen molar-refractivity contribution < 1.29 is 14.3 Å². The molecule has 0 aliphatic carbocycles. The van der Waals surface area contributed by atoms with Crippen molar-refractivity contribution in [3.05, 3.63) is 23.2 Å². The van der Waals surface area contributed by atoms with Crippen LogP contribution in [0.1, 0.15) is 114 Å². The lowest BCUT2D eigenvalue weighted by Crippen LogP contribution is -1.93. The Balaban J connectivity index is 2.02. The number of carboxylic acids is 1. The van der Waals surface area contributed by atoms with Crippen LogP contribution in [-0.2, 0) is 17.6 Å². The van der Waals surface area contributed by atoms with Gasteiger partial charge in [-0.2, -0.15) is 0 Å². The molecule has 1 heterocycles. The molecule has 150 valence electrons. The Kier molecular flexibility index (Phi) is 13.0. The predicted molar refractivity (Wildman–Crippen MR) is 109 cm³/mol. The van der Waals surface area contributed by atoms with Gasteiger partial charge in [-0.05, 0) is 37.8 Å². The minimum atomic E-state index is -0.669. The Labute approximate surface area is 160 Å². The van der Waals surface area contributed by atoms with Gasteiger partial charge in [-0.1, -0.05) is 71.1 Å². The number of furan rings is 1. The Morgan fingerprint density at radius 1 is 0.846 bits per heavy atom. The third kappa shape index (κ3) is 11.4. The molecule has 0 atom stereocenters. The molecule has 0 aromatic carbocycles. The summed E-state index contributed by atoms with van der Waals surface area (Å²) in [6.07, 6.45) is 18.4. The molecule has 0 bridgehead atoms. The topological polar surface area (TPSA) is 50.4 Å². The number of aliphatic carboxylic acids is 1. The summed E-state index contributed by atoms with van der Waals surface area (Å²) >= 11 is 0. The standard InChI is InChI=1S/C23H40O3/c1-3-4-5-10-14-17-22-20(2)19-21(26-22)16-13-11-8-6-7-9-12-15-18-23(24)25/h19H,3-18H2,1-2H3,(H,24,25). The number of hydrogen-bond acceptors (Lipinski definition) is 2. The molecular weight excluding hydrogens is 324 g/mol. The van der Waals surface area contributed by atoms with Crippen LogP contribution in [0.5, 0.6) is 0 Å². The number of hydrogen-bond donors (Lipinski definition) is 1. The van der Waals surface area contributed by atoms with Gasteiger partial charge in [0.1, 0.15) is 11.5 Å². The molecule has 0 aliphatic heterocycles. The van der Waals surface area contributed by atoms with E-state index in [1.807, 2.05) is 0 Å². The van der Waals surface area contributed by atoms with Crippen molar-refractivity contribution in [2.24, 2.45) is 0 Å². The normalized spacial score (nSPS) is 11.2. The maximum Gasteiger partial charge on any atom is 0.303 e. The van der Waals surface area contributed by atoms with Crippen LogP contribution in [0.2, 0.25) is 0 Å². The smallest absolute Gasteiger partial charge is 0.303 e. The van der Waals surface area contributed by atoms with Gasteiger partial charge in [0, 0.05) is 19.3 Å². The first kappa shape index (κ1) is 22.8. The molecule has 26 heavy (non-hydrogen) atoms. The second kappa shape index (κ2) is 14.9. The summed E-state index contributed by atoms with van der Waals surface area (Å²) in [7, 11) is 0. The van der Waals surface area contributed by atoms with Gasteiger partial charge in [0.25, 0.3) is 0 Å². The van der Waals surface area contributed by atoms with Crippen molar-refractivity contribution in [1.29, 1.82) is 0 Å². The molecule has 1 aromatic rings. The van der Waals surface area contributed by atoms with Crippen molar-refractivity contribution in [1.82, 2.24) is 0 Å². The minimum Gasteiger partial charge on any atom is -0.481 e. The molecule has 0 spiro atoms. The van der Waals surface area contributed by atoms with E-state index in [1.54, 1.807) is 0 Å². The molecule has 0 fully saturated rings. The first-order chi connectivity index (χ1) is 12.6. The van der Waals surface area contributed by atoms with E-state index in [1.165, 1.54) is 87.7 Å². The van der Waals surface area contributed by atoms with E-state index >= 15 is 0 Å². The molecule has 3 heteroatoms. The second-order valence-electron chi connectivity index (χ2n) is 7.71. The van der Waals surface area contributed by atoms with E-state index in [-0.39, 0.29) is 0 Å². The van der Waals surface area contributed by atoms with Gasteiger partial charge in [-0.25, -0.2) is 0 Å². The quantitative estimate of drug-likeness (QED) is 0.296. The van der Waals surface area contributed by atoms with Crippen LogP contribution in [0, 0.1) is 6.92 Å². The van der Waals surface area contributed by atoms with E-state index in [9.17, 15) is 4.79 Å². The van der Waals surface area contributed by atoms with Gasteiger partial charge < -0.3 is 9.52 Å². The van der Waals surface area contributed by atoms with Gasteiger partial charge in [0.2, 0.25) is 0 Å². The van der Waals surface area contributed by atoms with E-state index in [0.717, 1.165) is 25.7 Å². The molecule has 3 nitrogen and oxygen atoms in total. The monoisotopic (exact) mass is 364 g/mol. The van der Waals surface area contributed by atoms with Gasteiger partial charge in [0.05, 0.1) is 0 Å². The highest BCUT2D eigenvalue weighted by Gasteiger charge is 2.07. The average molecular weight is 365 g/mol. The van der Waals surface area contributed by atoms with Gasteiger partial charge in [0.15, 0.2) is 0 Å². The maximum absolute atomic E-state index is 10.4. The van der Waals surface area contributed by atoms with E-state index < -0.39 is 5.97 Å². The number of carbonyl (C=O) groups is 1. The van der Waals surface area contributed by atoms with Crippen LogP contribution in [0.4, 0.5) is 0 Å². The summed E-state index contributed by atoms with van der Waals surface area (Å²) in [6.45, 7) is 4.43. The zero-order valence-corrected chi connectivity index (χ0v) is 17.2. The number of unbranched alkanes of at least 4 members (excludes halogenated alkanes) is 11. The highest BCUT2D eigenvalue weighted by molar-refractivity contribution is 5.66. The van der Waals surface area contributed by atoms with Gasteiger partial charge >= 0.3 is 5.97 Å². The first-order valence-corrected chi connectivity index (χ1v) is 10.9. The molecule has 1 N–H and O–H groups in total. The summed E-state index contributed by atoms with van der Waals surface area (Å²) in [5.41, 5.74) is 1.33. The molecule has 0 amide bonds. The van der Waals surface area contributed by atoms with Crippen LogP contribution in [0.15, 0.2) is 10.5 Å². The molecule has 0 unspecified atom stereocenters. The van der Waals surface area contributed by atoms with Crippen LogP contribution in [0.25, 0.3) is 0 Å². The lowest BCUT2D eigenvalue weighted by Gasteiger charge is -2.02. The highest BCUT2D eigenvalue weighted by atomic mass is 16.4. The lowest BCUT2D eigenvalue weighted by atomic mass is 10.1. The average Bonchev–Trinajstić information content (AvgIpc) is 2.96. The molecule has 1 aromatic heterocycles. The Hall–Kier alpha value is -1.25. The van der Waals surface area contributed by atoms with E-state index in [4.69, 9.17) is 9.52 Å². The van der Waals surface area contributed by atoms with Crippen LogP contribution < -0.4 is 0 Å². The fraction of sp³-hybridized carbons (Fsp3) is 0.783. The highest BCUT2D eigenvalue weighted by Crippen LogP contribution is 2.20. The molecule has 1 rings (SSSR count). The van der Waals surface area contributed by atoms with Crippen LogP contribution >= 0.6 is 0 Å². The largest absolute Gasteiger partial charge is 0.481 e. The van der Waals surface area contributed by atoms with Gasteiger partial charge in [-0.3, -0.25) is 4.79 Å². The van der Waals surface area contributed by atoms with Crippen molar-refractivity contribution in [3.63, 3.8) is 0 Å². The minimum absolute atomic E-state index is 0.323. The summed E-state index contributed by atoms with van der Waals surface area (Å²) in [5, 5.41) is 8.59. The molecule has 0 saturated heterocycles. The SMILES string of the molecule is CCCCCCCc1oc(CCCCCCCCCCC(=O)O)cc1C. The molecule has 0 radical (unpaired) electrons. The fourth-order valence-corrected chi connectivity index (χ4v) is 3.49. The van der Waals surface area contributed by atoms with Gasteiger partial charge in [-0.15, -0.1) is 0 Å². The number of carboxylic acid groups (broad SMARTS) is 1. The van der Waals surface area contributed by atoms with E-state index in [0.29, 0.717) is 6.42 Å². The van der Waals surface area contributed by atoms with Crippen molar-refractivity contribution in [2.75, 3.05) is 0 Å². The Morgan fingerprint density at radius 2 is 1.38 bits per heavy atom. The number of rotatable bonds is 17. The lowest BCUT2D eigenvalue weighted by molar-refractivity contribution is -0.137. The van der Waals surface area contributed by atoms with Crippen LogP contribution in [0.3, 0.4) is 0 Å². The van der Waals surface area contributed by atoms with Crippen molar-refractivity contribution >= 4 is 5.97 Å². The predicted octanol–water partition coefficient (Wildman–Crippen LogP) is 7.24. The Bertz CT molecular complexity index is 476. The third-order valence-electron chi connectivity index (χ3n) is 5.14. The van der Waals surface area contributed by atoms with Crippen LogP contribution in [-0.4, -0.2) is 11.1 Å². The van der Waals surface area contributed by atoms with E-state index in [2.05, 4.69) is 19.9 Å². The molecule has 0 aliphatic rings. The van der Waals surface area contributed by atoms with Crippen molar-refractivity contribution in [3.8, 4) is 0 Å². The molecular formula is C23H40O3. The molecule has 0 saturated carbocycles. The van der Waals surface area contributed by atoms with Crippen molar-refractivity contribution in [2.45, 2.75) is 117 Å². The zero-order chi connectivity index (χ0) is 19.0. The maximum atomic E-state index is 10.4. The Morgan fingerprint density at radius 3 is 2.00 bits per heavy atom.